The van der Waals surface area contributed by atoms with Crippen LogP contribution in [-0.2, 0) is 11.8 Å². The van der Waals surface area contributed by atoms with Gasteiger partial charge in [0.15, 0.2) is 11.5 Å². The second-order valence-electron chi connectivity index (χ2n) is 9.48. The number of β-amino-alcohol motifs (C(OH)–C–C–N with tert-alkyl or cyclic N) is 1. The Morgan fingerprint density at radius 1 is 1.22 bits per heavy atom. The molecule has 1 aromatic rings. The van der Waals surface area contributed by atoms with Gasteiger partial charge in [-0.3, -0.25) is 4.90 Å². The maximum atomic E-state index is 12.2. The number of hydrogen-bond donors (Lipinski definition) is 4. The largest absolute Gasteiger partial charge is 0.504 e. The molecule has 5 atom stereocenters. The van der Waals surface area contributed by atoms with Crippen LogP contribution in [0.15, 0.2) is 12.1 Å². The lowest BCUT2D eigenvalue weighted by molar-refractivity contribution is -0.194. The minimum atomic E-state index is -0.888. The summed E-state index contributed by atoms with van der Waals surface area (Å²) in [6.45, 7) is 1.50. The molecular formula is C21H28N2O4. The lowest BCUT2D eigenvalue weighted by atomic mass is 9.48. The van der Waals surface area contributed by atoms with Gasteiger partial charge in [-0.15, -0.1) is 0 Å². The summed E-state index contributed by atoms with van der Waals surface area (Å²) in [5.41, 5.74) is 0.309. The van der Waals surface area contributed by atoms with E-state index in [0.717, 1.165) is 44.2 Å². The monoisotopic (exact) mass is 372 g/mol. The fourth-order valence-corrected chi connectivity index (χ4v) is 6.80. The number of nitrogens with zero attached hydrogens (tertiary/aromatic N) is 1. The zero-order valence-electron chi connectivity index (χ0n) is 15.7. The number of piperidine rings is 1. The highest BCUT2D eigenvalue weighted by Gasteiger charge is 2.73. The fourth-order valence-electron chi connectivity index (χ4n) is 6.80. The second-order valence-corrected chi connectivity index (χ2v) is 9.48. The van der Waals surface area contributed by atoms with Crippen molar-refractivity contribution in [1.82, 2.24) is 10.2 Å². The standard InChI is InChI=1S/C21H28N2O4/c1-22-13-4-5-21(26)15-10-12-2-3-14(24)17-16(12)20(21,18(13)27-17)8-9-23(15)11-19(25)6-7-19/h2-3,13,15,18,22,24-26H,4-11H2,1H3/t13-,15?,18-,20-,21+/m0/s1. The molecular weight excluding hydrogens is 344 g/mol. The molecule has 27 heavy (non-hydrogen) atoms. The molecule has 5 aliphatic rings. The number of phenolic OH excluding ortho intramolecular Hbond substituents is 1. The van der Waals surface area contributed by atoms with Crippen molar-refractivity contribution >= 4 is 0 Å². The van der Waals surface area contributed by atoms with E-state index in [1.165, 1.54) is 5.56 Å². The molecule has 6 heteroatoms. The Labute approximate surface area is 159 Å². The highest BCUT2D eigenvalue weighted by Crippen LogP contribution is 2.65. The van der Waals surface area contributed by atoms with Gasteiger partial charge in [-0.05, 0) is 63.7 Å². The minimum absolute atomic E-state index is 0.0113. The summed E-state index contributed by atoms with van der Waals surface area (Å²) in [6, 6.07) is 3.88. The summed E-state index contributed by atoms with van der Waals surface area (Å²) < 4.78 is 6.39. The van der Waals surface area contributed by atoms with E-state index >= 15 is 0 Å². The first-order chi connectivity index (χ1) is 12.9. The maximum Gasteiger partial charge on any atom is 0.165 e. The van der Waals surface area contributed by atoms with Crippen molar-refractivity contribution in [2.45, 2.75) is 73.3 Å². The topological polar surface area (TPSA) is 85.2 Å². The molecule has 1 spiro atoms. The van der Waals surface area contributed by atoms with Gasteiger partial charge in [0, 0.05) is 24.2 Å². The average Bonchev–Trinajstić information content (AvgIpc) is 3.25. The van der Waals surface area contributed by atoms with Gasteiger partial charge in [-0.2, -0.15) is 0 Å². The van der Waals surface area contributed by atoms with Gasteiger partial charge in [-0.25, -0.2) is 0 Å². The van der Waals surface area contributed by atoms with Crippen molar-refractivity contribution in [3.05, 3.63) is 23.3 Å². The van der Waals surface area contributed by atoms with E-state index in [0.29, 0.717) is 18.7 Å². The first-order valence-corrected chi connectivity index (χ1v) is 10.3. The SMILES string of the molecule is CN[C@H]1CC[C@@]2(O)C3Cc4ccc(O)c5c4[C@@]2(CCN3CC2(O)CC2)[C@H]1O5. The van der Waals surface area contributed by atoms with Crippen LogP contribution in [-0.4, -0.2) is 69.7 Å². The van der Waals surface area contributed by atoms with Crippen molar-refractivity contribution < 1.29 is 20.1 Å². The van der Waals surface area contributed by atoms with Crippen molar-refractivity contribution in [3.8, 4) is 11.5 Å². The van der Waals surface area contributed by atoms with E-state index in [1.54, 1.807) is 6.07 Å². The highest BCUT2D eigenvalue weighted by molar-refractivity contribution is 5.62. The Kier molecular flexibility index (Phi) is 3.06. The number of rotatable bonds is 3. The van der Waals surface area contributed by atoms with E-state index < -0.39 is 16.6 Å². The number of aromatic hydroxyl groups is 1. The molecule has 0 aromatic heterocycles. The molecule has 0 radical (unpaired) electrons. The molecule has 1 saturated heterocycles. The molecule has 146 valence electrons. The molecule has 3 aliphatic carbocycles. The predicted molar refractivity (Wildman–Crippen MR) is 99.1 cm³/mol. The van der Waals surface area contributed by atoms with Crippen LogP contribution in [0.5, 0.6) is 11.5 Å². The summed E-state index contributed by atoms with van der Waals surface area (Å²) in [4.78, 5) is 2.34. The van der Waals surface area contributed by atoms with Gasteiger partial charge >= 0.3 is 0 Å². The van der Waals surface area contributed by atoms with Crippen LogP contribution >= 0.6 is 0 Å². The van der Waals surface area contributed by atoms with E-state index in [2.05, 4.69) is 10.2 Å². The summed E-state index contributed by atoms with van der Waals surface area (Å²) in [6.07, 6.45) is 4.66. The Morgan fingerprint density at radius 3 is 2.78 bits per heavy atom. The highest BCUT2D eigenvalue weighted by atomic mass is 16.5. The number of hydrogen-bond acceptors (Lipinski definition) is 6. The lowest BCUT2D eigenvalue weighted by Crippen LogP contribution is -2.78. The quantitative estimate of drug-likeness (QED) is 0.624. The van der Waals surface area contributed by atoms with Crippen LogP contribution in [0, 0.1) is 0 Å². The number of benzene rings is 1. The van der Waals surface area contributed by atoms with Crippen LogP contribution in [0.3, 0.4) is 0 Å². The van der Waals surface area contributed by atoms with Gasteiger partial charge in [0.1, 0.15) is 6.10 Å². The molecule has 2 bridgehead atoms. The molecule has 6 nitrogen and oxygen atoms in total. The van der Waals surface area contributed by atoms with Gasteiger partial charge < -0.3 is 25.4 Å². The second kappa shape index (κ2) is 4.98. The van der Waals surface area contributed by atoms with E-state index in [1.807, 2.05) is 13.1 Å². The number of likely N-dealkylation sites (N-methyl/N-ethyl adjacent to an activating group) is 1. The number of aliphatic hydroxyl groups is 2. The Balaban J connectivity index is 1.54. The number of likely N-dealkylation sites (tertiary alicyclic amines) is 1. The summed E-state index contributed by atoms with van der Waals surface area (Å²) >= 11 is 0. The van der Waals surface area contributed by atoms with Crippen LogP contribution in [0.25, 0.3) is 0 Å². The maximum absolute atomic E-state index is 12.2. The Hall–Kier alpha value is -1.34. The normalized spacial score (nSPS) is 43.1. The van der Waals surface area contributed by atoms with Gasteiger partial charge in [0.2, 0.25) is 0 Å². The zero-order valence-corrected chi connectivity index (χ0v) is 15.7. The van der Waals surface area contributed by atoms with Gasteiger partial charge in [-0.1, -0.05) is 6.07 Å². The van der Waals surface area contributed by atoms with Gasteiger partial charge in [0.25, 0.3) is 0 Å². The van der Waals surface area contributed by atoms with Crippen LogP contribution in [0.4, 0.5) is 0 Å². The third kappa shape index (κ3) is 1.85. The molecule has 1 aromatic carbocycles. The predicted octanol–water partition coefficient (Wildman–Crippen LogP) is 0.659. The molecule has 4 N–H and O–H groups in total. The molecule has 2 saturated carbocycles. The lowest BCUT2D eigenvalue weighted by Gasteiger charge is -2.64. The zero-order chi connectivity index (χ0) is 18.6. The van der Waals surface area contributed by atoms with E-state index in [9.17, 15) is 15.3 Å². The van der Waals surface area contributed by atoms with Crippen molar-refractivity contribution in [1.29, 1.82) is 0 Å². The van der Waals surface area contributed by atoms with Crippen LogP contribution in [0.1, 0.15) is 43.2 Å². The first-order valence-electron chi connectivity index (χ1n) is 10.3. The molecule has 2 aliphatic heterocycles. The number of phenols is 1. The molecule has 2 heterocycles. The summed E-state index contributed by atoms with van der Waals surface area (Å²) in [5, 5.41) is 36.6. The number of ether oxygens (including phenoxy) is 1. The van der Waals surface area contributed by atoms with Crippen molar-refractivity contribution in [3.63, 3.8) is 0 Å². The van der Waals surface area contributed by atoms with E-state index in [4.69, 9.17) is 4.74 Å². The minimum Gasteiger partial charge on any atom is -0.504 e. The summed E-state index contributed by atoms with van der Waals surface area (Å²) in [7, 11) is 1.96. The Morgan fingerprint density at radius 2 is 2.04 bits per heavy atom. The van der Waals surface area contributed by atoms with E-state index in [-0.39, 0.29) is 23.9 Å². The van der Waals surface area contributed by atoms with Gasteiger partial charge in [0.05, 0.1) is 16.6 Å². The van der Waals surface area contributed by atoms with Crippen LogP contribution < -0.4 is 10.1 Å². The first kappa shape index (κ1) is 16.6. The number of nitrogens with one attached hydrogen (secondary N) is 1. The van der Waals surface area contributed by atoms with Crippen molar-refractivity contribution in [2.24, 2.45) is 0 Å². The van der Waals surface area contributed by atoms with Crippen LogP contribution in [0.2, 0.25) is 0 Å². The molecule has 3 fully saturated rings. The molecule has 6 rings (SSSR count). The molecule has 1 unspecified atom stereocenters. The Bertz CT molecular complexity index is 825. The fraction of sp³-hybridized carbons (Fsp3) is 0.714. The third-order valence-corrected chi connectivity index (χ3v) is 8.27. The summed E-state index contributed by atoms with van der Waals surface area (Å²) in [5.74, 6) is 0.772. The molecule has 0 amide bonds. The average molecular weight is 372 g/mol. The van der Waals surface area contributed by atoms with Crippen molar-refractivity contribution in [2.75, 3.05) is 20.1 Å². The third-order valence-electron chi connectivity index (χ3n) is 8.27. The smallest absolute Gasteiger partial charge is 0.165 e.